The first-order valence-corrected chi connectivity index (χ1v) is 22.7. The standard InChI is InChI=1S/C48H50ClN5O6S/c1-3-5-24-52(25-6-4-2)48(58)44-31-53(26-23-33-13-8-7-9-14-33)45(50-44)40-22-20-36(28-42(40)47(57)54-30-37-16-11-10-15-35(37)27-38(54)32-55)46(56)51-61(59,60)39-21-19-34-17-12-18-43(49)41(34)29-39/h7-22,28-29,31,38,55H,3-6,23-27,30,32H2,1-2H3,(H,51,56)/t38-/m0/s1. The summed E-state index contributed by atoms with van der Waals surface area (Å²) >= 11 is 6.38. The molecule has 61 heavy (non-hydrogen) atoms. The van der Waals surface area contributed by atoms with Crippen molar-refractivity contribution >= 4 is 50.1 Å². The molecule has 2 N–H and O–H groups in total. The zero-order valence-electron chi connectivity index (χ0n) is 34.4. The highest BCUT2D eigenvalue weighted by Crippen LogP contribution is 2.32. The first kappa shape index (κ1) is 43.3. The normalized spacial score (nSPS) is 13.8. The molecule has 6 aromatic rings. The molecule has 0 unspecified atom stereocenters. The third-order valence-electron chi connectivity index (χ3n) is 11.2. The van der Waals surface area contributed by atoms with E-state index < -0.39 is 27.9 Å². The molecule has 0 fully saturated rings. The second-order valence-electron chi connectivity index (χ2n) is 15.4. The second kappa shape index (κ2) is 19.3. The molecule has 3 amide bonds. The fraction of sp³-hybridized carbons (Fsp3) is 0.292. The largest absolute Gasteiger partial charge is 0.394 e. The number of hydrogen-bond acceptors (Lipinski definition) is 7. The van der Waals surface area contributed by atoms with Gasteiger partial charge in [0, 0.05) is 53.9 Å². The second-order valence-corrected chi connectivity index (χ2v) is 17.5. The number of nitrogens with one attached hydrogen (secondary N) is 1. The van der Waals surface area contributed by atoms with Gasteiger partial charge in [-0.15, -0.1) is 0 Å². The SMILES string of the molecule is CCCCN(CCCC)C(=O)c1cn(CCc2ccccc2)c(-c2ccc(C(=O)NS(=O)(=O)c3ccc4cccc(Cl)c4c3)cc2C(=O)N2Cc3ccccc3C[C@H]2CO)n1. The lowest BCUT2D eigenvalue weighted by atomic mass is 9.92. The minimum Gasteiger partial charge on any atom is -0.394 e. The molecular formula is C48H50ClN5O6S. The molecule has 0 radical (unpaired) electrons. The summed E-state index contributed by atoms with van der Waals surface area (Å²) in [5.41, 5.74) is 3.58. The third-order valence-corrected chi connectivity index (χ3v) is 12.9. The van der Waals surface area contributed by atoms with Crippen LogP contribution in [0.5, 0.6) is 0 Å². The van der Waals surface area contributed by atoms with E-state index in [-0.39, 0.29) is 40.8 Å². The molecule has 7 rings (SSSR count). The van der Waals surface area contributed by atoms with Crippen LogP contribution in [0.4, 0.5) is 0 Å². The summed E-state index contributed by atoms with van der Waals surface area (Å²) in [6, 6.07) is 31.1. The Morgan fingerprint density at radius 2 is 1.59 bits per heavy atom. The molecule has 316 valence electrons. The van der Waals surface area contributed by atoms with Gasteiger partial charge in [-0.25, -0.2) is 18.1 Å². The smallest absolute Gasteiger partial charge is 0.274 e. The van der Waals surface area contributed by atoms with Crippen LogP contribution in [-0.2, 0) is 36.0 Å². The Morgan fingerprint density at radius 3 is 2.31 bits per heavy atom. The molecule has 1 atom stereocenters. The fourth-order valence-corrected chi connectivity index (χ4v) is 9.03. The highest BCUT2D eigenvalue weighted by molar-refractivity contribution is 7.90. The van der Waals surface area contributed by atoms with Crippen LogP contribution in [0, 0.1) is 0 Å². The molecule has 13 heteroatoms. The molecule has 1 aliphatic heterocycles. The van der Waals surface area contributed by atoms with Gasteiger partial charge in [-0.05, 0) is 84.2 Å². The van der Waals surface area contributed by atoms with Crippen molar-refractivity contribution in [2.24, 2.45) is 0 Å². The topological polar surface area (TPSA) is 142 Å². The lowest BCUT2D eigenvalue weighted by Crippen LogP contribution is -2.46. The number of aliphatic hydroxyl groups excluding tert-OH is 1. The maximum absolute atomic E-state index is 15.0. The maximum Gasteiger partial charge on any atom is 0.274 e. The van der Waals surface area contributed by atoms with Crippen LogP contribution in [0.1, 0.15) is 87.4 Å². The quantitative estimate of drug-likeness (QED) is 0.0998. The minimum absolute atomic E-state index is 0.0692. The number of imidazole rings is 1. The number of unbranched alkanes of at least 4 members (excludes halogenated alkanes) is 2. The summed E-state index contributed by atoms with van der Waals surface area (Å²) in [6.45, 7) is 5.65. The summed E-state index contributed by atoms with van der Waals surface area (Å²) in [6.07, 6.45) is 6.28. The van der Waals surface area contributed by atoms with Gasteiger partial charge in [-0.3, -0.25) is 14.4 Å². The lowest BCUT2D eigenvalue weighted by molar-refractivity contribution is 0.0544. The van der Waals surface area contributed by atoms with Crippen LogP contribution >= 0.6 is 11.6 Å². The third kappa shape index (κ3) is 9.72. The number of rotatable bonds is 16. The van der Waals surface area contributed by atoms with Crippen molar-refractivity contribution in [2.75, 3.05) is 19.7 Å². The molecule has 5 aromatic carbocycles. The summed E-state index contributed by atoms with van der Waals surface area (Å²) in [4.78, 5) is 51.4. The summed E-state index contributed by atoms with van der Waals surface area (Å²) in [7, 11) is -4.39. The van der Waals surface area contributed by atoms with Crippen molar-refractivity contribution in [3.8, 4) is 11.4 Å². The predicted octanol–water partition coefficient (Wildman–Crippen LogP) is 8.32. The molecule has 0 saturated heterocycles. The van der Waals surface area contributed by atoms with Gasteiger partial charge in [-0.1, -0.05) is 111 Å². The molecule has 0 saturated carbocycles. The highest BCUT2D eigenvalue weighted by Gasteiger charge is 2.33. The number of halogens is 1. The zero-order valence-corrected chi connectivity index (χ0v) is 36.0. The lowest BCUT2D eigenvalue weighted by Gasteiger charge is -2.36. The first-order valence-electron chi connectivity index (χ1n) is 20.8. The number of hydrogen-bond donors (Lipinski definition) is 2. The summed E-state index contributed by atoms with van der Waals surface area (Å²) in [5.74, 6) is -1.30. The van der Waals surface area contributed by atoms with Gasteiger partial charge in [0.2, 0.25) is 0 Å². The van der Waals surface area contributed by atoms with Crippen molar-refractivity contribution in [3.63, 3.8) is 0 Å². The fourth-order valence-electron chi connectivity index (χ4n) is 7.79. The van der Waals surface area contributed by atoms with Crippen molar-refractivity contribution in [2.45, 2.75) is 76.4 Å². The van der Waals surface area contributed by atoms with Crippen molar-refractivity contribution in [1.29, 1.82) is 0 Å². The molecule has 1 aromatic heterocycles. The van der Waals surface area contributed by atoms with Crippen LogP contribution in [-0.4, -0.2) is 76.3 Å². The molecule has 0 bridgehead atoms. The summed E-state index contributed by atoms with van der Waals surface area (Å²) in [5, 5.41) is 12.2. The first-order chi connectivity index (χ1) is 29.5. The van der Waals surface area contributed by atoms with Crippen LogP contribution in [0.25, 0.3) is 22.2 Å². The van der Waals surface area contributed by atoms with E-state index in [1.807, 2.05) is 64.1 Å². The highest BCUT2D eigenvalue weighted by atomic mass is 35.5. The number of carbonyl (C=O) groups is 3. The van der Waals surface area contributed by atoms with E-state index in [1.165, 1.54) is 24.3 Å². The predicted molar refractivity (Wildman–Crippen MR) is 238 cm³/mol. The number of carbonyl (C=O) groups excluding carboxylic acids is 3. The Hall–Kier alpha value is -5.82. The van der Waals surface area contributed by atoms with Gasteiger partial charge in [0.25, 0.3) is 27.7 Å². The number of benzene rings is 5. The van der Waals surface area contributed by atoms with Crippen LogP contribution in [0.3, 0.4) is 0 Å². The molecule has 0 aliphatic carbocycles. The number of fused-ring (bicyclic) bond motifs is 2. The van der Waals surface area contributed by atoms with E-state index in [0.717, 1.165) is 47.8 Å². The van der Waals surface area contributed by atoms with E-state index in [2.05, 4.69) is 18.6 Å². The van der Waals surface area contributed by atoms with Gasteiger partial charge in [-0.2, -0.15) is 0 Å². The van der Waals surface area contributed by atoms with Gasteiger partial charge < -0.3 is 19.5 Å². The van der Waals surface area contributed by atoms with Gasteiger partial charge >= 0.3 is 0 Å². The number of amides is 3. The Morgan fingerprint density at radius 1 is 0.869 bits per heavy atom. The number of aromatic nitrogens is 2. The van der Waals surface area contributed by atoms with Crippen molar-refractivity contribution in [1.82, 2.24) is 24.1 Å². The number of nitrogens with zero attached hydrogens (tertiary/aromatic N) is 4. The molecule has 2 heterocycles. The minimum atomic E-state index is -4.39. The van der Waals surface area contributed by atoms with Gasteiger partial charge in [0.1, 0.15) is 11.5 Å². The molecule has 0 spiro atoms. The van der Waals surface area contributed by atoms with Crippen LogP contribution < -0.4 is 4.72 Å². The number of aliphatic hydroxyl groups is 1. The Bertz CT molecular complexity index is 2660. The average molecular weight is 860 g/mol. The monoisotopic (exact) mass is 859 g/mol. The maximum atomic E-state index is 15.0. The van der Waals surface area contributed by atoms with Crippen molar-refractivity contribution < 1.29 is 27.9 Å². The Kier molecular flexibility index (Phi) is 13.7. The van der Waals surface area contributed by atoms with E-state index in [9.17, 15) is 23.1 Å². The summed E-state index contributed by atoms with van der Waals surface area (Å²) < 4.78 is 31.4. The number of aryl methyl sites for hydroxylation is 2. The Labute approximate surface area is 362 Å². The average Bonchev–Trinajstić information content (AvgIpc) is 3.71. The molecule has 11 nitrogen and oxygen atoms in total. The zero-order chi connectivity index (χ0) is 43.1. The van der Waals surface area contributed by atoms with E-state index in [0.29, 0.717) is 54.3 Å². The van der Waals surface area contributed by atoms with Gasteiger partial charge in [0.15, 0.2) is 0 Å². The van der Waals surface area contributed by atoms with E-state index in [1.54, 1.807) is 41.4 Å². The molecule has 1 aliphatic rings. The van der Waals surface area contributed by atoms with Crippen molar-refractivity contribution in [3.05, 3.63) is 154 Å². The molecular weight excluding hydrogens is 810 g/mol. The van der Waals surface area contributed by atoms with Crippen LogP contribution in [0.15, 0.2) is 120 Å². The van der Waals surface area contributed by atoms with Crippen LogP contribution in [0.2, 0.25) is 5.02 Å². The van der Waals surface area contributed by atoms with E-state index in [4.69, 9.17) is 16.6 Å². The van der Waals surface area contributed by atoms with E-state index >= 15 is 4.79 Å². The Balaban J connectivity index is 1.32. The number of sulfonamides is 1. The van der Waals surface area contributed by atoms with Gasteiger partial charge in [0.05, 0.1) is 23.1 Å².